The molecule has 0 aliphatic carbocycles. The molecule has 1 heterocycles. The smallest absolute Gasteiger partial charge is 0.151 e. The lowest BCUT2D eigenvalue weighted by molar-refractivity contribution is 0.152. The average molecular weight is 328 g/mol. The van der Waals surface area contributed by atoms with E-state index in [1.807, 2.05) is 24.3 Å². The van der Waals surface area contributed by atoms with E-state index in [1.165, 1.54) is 0 Å². The lowest BCUT2D eigenvalue weighted by Crippen LogP contribution is -2.01. The van der Waals surface area contributed by atoms with E-state index in [1.54, 1.807) is 35.6 Å². The molecule has 4 heteroatoms. The molecule has 0 fully saturated rings. The Morgan fingerprint density at radius 3 is 2.43 bits per heavy atom. The maximum atomic E-state index is 10.6. The summed E-state index contributed by atoms with van der Waals surface area (Å²) in [5.41, 5.74) is 0. The number of ether oxygens (including phenoxy) is 1. The van der Waals surface area contributed by atoms with Crippen LogP contribution >= 0.6 is 11.3 Å². The molecule has 0 spiro atoms. The van der Waals surface area contributed by atoms with E-state index < -0.39 is 6.10 Å². The third kappa shape index (κ3) is 3.49. The van der Waals surface area contributed by atoms with Crippen LogP contribution in [0.5, 0.6) is 17.2 Å². The molecule has 0 radical (unpaired) electrons. The molecule has 1 aromatic heterocycles. The largest absolute Gasteiger partial charge is 0.508 e. The number of benzene rings is 2. The number of aromatic hydroxyl groups is 1. The Labute approximate surface area is 139 Å². The molecule has 3 rings (SSSR count). The lowest BCUT2D eigenvalue weighted by atomic mass is 10.0. The summed E-state index contributed by atoms with van der Waals surface area (Å²) < 4.78 is 7.16. The zero-order valence-corrected chi connectivity index (χ0v) is 14.0. The summed E-state index contributed by atoms with van der Waals surface area (Å²) in [4.78, 5) is 0.855. The molecule has 0 bridgehead atoms. The van der Waals surface area contributed by atoms with Crippen LogP contribution in [0, 0.1) is 5.92 Å². The van der Waals surface area contributed by atoms with Gasteiger partial charge in [0, 0.05) is 10.1 Å². The van der Waals surface area contributed by atoms with Crippen LogP contribution in [-0.4, -0.2) is 10.2 Å². The summed E-state index contributed by atoms with van der Waals surface area (Å²) in [6.45, 7) is 4.19. The minimum absolute atomic E-state index is 0.201. The van der Waals surface area contributed by atoms with Crippen molar-refractivity contribution in [2.45, 2.75) is 26.4 Å². The van der Waals surface area contributed by atoms with Crippen molar-refractivity contribution in [2.75, 3.05) is 0 Å². The van der Waals surface area contributed by atoms with Gasteiger partial charge in [-0.25, -0.2) is 0 Å². The van der Waals surface area contributed by atoms with E-state index >= 15 is 0 Å². The van der Waals surface area contributed by atoms with Crippen LogP contribution < -0.4 is 4.74 Å². The molecule has 2 N–H and O–H groups in total. The summed E-state index contributed by atoms with van der Waals surface area (Å²) in [6, 6.07) is 14.6. The zero-order valence-electron chi connectivity index (χ0n) is 13.2. The number of aliphatic hydroxyl groups excluding tert-OH is 1. The molecule has 0 saturated carbocycles. The van der Waals surface area contributed by atoms with E-state index in [9.17, 15) is 10.2 Å². The molecule has 23 heavy (non-hydrogen) atoms. The predicted octanol–water partition coefficient (Wildman–Crippen LogP) is 5.48. The van der Waals surface area contributed by atoms with Crippen molar-refractivity contribution < 1.29 is 14.9 Å². The number of rotatable bonds is 5. The van der Waals surface area contributed by atoms with E-state index in [4.69, 9.17) is 4.74 Å². The second kappa shape index (κ2) is 6.60. The van der Waals surface area contributed by atoms with Gasteiger partial charge in [-0.2, -0.15) is 0 Å². The van der Waals surface area contributed by atoms with Crippen molar-refractivity contribution in [3.05, 3.63) is 53.4 Å². The van der Waals surface area contributed by atoms with Crippen molar-refractivity contribution >= 4 is 21.4 Å². The van der Waals surface area contributed by atoms with Gasteiger partial charge in [0.1, 0.15) is 11.5 Å². The van der Waals surface area contributed by atoms with Gasteiger partial charge in [0.05, 0.1) is 11.0 Å². The Hall–Kier alpha value is -2.04. The van der Waals surface area contributed by atoms with Gasteiger partial charge in [-0.1, -0.05) is 26.0 Å². The second-order valence-electron chi connectivity index (χ2n) is 6.03. The monoisotopic (exact) mass is 328 g/mol. The number of hydrogen-bond acceptors (Lipinski definition) is 4. The van der Waals surface area contributed by atoms with Gasteiger partial charge in [-0.05, 0) is 48.7 Å². The van der Waals surface area contributed by atoms with Crippen LogP contribution in [0.15, 0.2) is 48.5 Å². The van der Waals surface area contributed by atoms with Crippen LogP contribution in [0.1, 0.15) is 31.2 Å². The Morgan fingerprint density at radius 1 is 1.04 bits per heavy atom. The highest BCUT2D eigenvalue weighted by Gasteiger charge is 2.21. The minimum Gasteiger partial charge on any atom is -0.508 e. The second-order valence-corrected chi connectivity index (χ2v) is 7.12. The quantitative estimate of drug-likeness (QED) is 0.652. The van der Waals surface area contributed by atoms with Crippen molar-refractivity contribution in [2.24, 2.45) is 5.92 Å². The molecule has 3 nitrogen and oxygen atoms in total. The van der Waals surface area contributed by atoms with Crippen LogP contribution in [0.25, 0.3) is 10.1 Å². The van der Waals surface area contributed by atoms with Crippen molar-refractivity contribution in [1.29, 1.82) is 0 Å². The average Bonchev–Trinajstić information content (AvgIpc) is 2.88. The zero-order chi connectivity index (χ0) is 16.4. The van der Waals surface area contributed by atoms with Crippen molar-refractivity contribution in [3.8, 4) is 17.2 Å². The molecule has 3 aromatic rings. The van der Waals surface area contributed by atoms with Crippen molar-refractivity contribution in [3.63, 3.8) is 0 Å². The number of fused-ring (bicyclic) bond motifs is 1. The van der Waals surface area contributed by atoms with Gasteiger partial charge in [-0.15, -0.1) is 11.3 Å². The molecule has 120 valence electrons. The number of phenolic OH excluding ortho intramolecular Hbond substituents is 1. The topological polar surface area (TPSA) is 49.7 Å². The number of hydrogen-bond donors (Lipinski definition) is 2. The van der Waals surface area contributed by atoms with Crippen molar-refractivity contribution in [1.82, 2.24) is 0 Å². The van der Waals surface area contributed by atoms with Crippen LogP contribution in [0.4, 0.5) is 0 Å². The number of phenols is 1. The summed E-state index contributed by atoms with van der Waals surface area (Å²) in [5, 5.41) is 21.0. The first-order valence-electron chi connectivity index (χ1n) is 7.71. The van der Waals surface area contributed by atoms with Crippen LogP contribution in [0.3, 0.4) is 0 Å². The van der Waals surface area contributed by atoms with E-state index in [0.29, 0.717) is 23.8 Å². The van der Waals surface area contributed by atoms with Crippen LogP contribution in [0.2, 0.25) is 0 Å². The first kappa shape index (κ1) is 15.8. The fourth-order valence-corrected chi connectivity index (χ4v) is 3.68. The molecule has 0 aliphatic rings. The van der Waals surface area contributed by atoms with E-state index in [-0.39, 0.29) is 5.75 Å². The molecular formula is C19H20O3S. The molecule has 1 atom stereocenters. The van der Waals surface area contributed by atoms with Gasteiger partial charge < -0.3 is 14.9 Å². The SMILES string of the molecule is CC(C)CC(O)c1sc2ccccc2c1Oc1ccc(O)cc1. The fourth-order valence-electron chi connectivity index (χ4n) is 2.55. The fraction of sp³-hybridized carbons (Fsp3) is 0.263. The lowest BCUT2D eigenvalue weighted by Gasteiger charge is -2.14. The van der Waals surface area contributed by atoms with Crippen LogP contribution in [-0.2, 0) is 0 Å². The first-order valence-corrected chi connectivity index (χ1v) is 8.52. The highest BCUT2D eigenvalue weighted by molar-refractivity contribution is 7.19. The van der Waals surface area contributed by atoms with Gasteiger partial charge in [-0.3, -0.25) is 0 Å². The Bertz CT molecular complexity index is 790. The highest BCUT2D eigenvalue weighted by atomic mass is 32.1. The number of thiophene rings is 1. The molecular weight excluding hydrogens is 308 g/mol. The Morgan fingerprint density at radius 2 is 1.74 bits per heavy atom. The van der Waals surface area contributed by atoms with E-state index in [2.05, 4.69) is 13.8 Å². The molecule has 2 aromatic carbocycles. The molecule has 0 aliphatic heterocycles. The Kier molecular flexibility index (Phi) is 4.55. The minimum atomic E-state index is -0.542. The predicted molar refractivity (Wildman–Crippen MR) is 94.4 cm³/mol. The summed E-state index contributed by atoms with van der Waals surface area (Å²) in [5.74, 6) is 1.96. The molecule has 0 amide bonds. The van der Waals surface area contributed by atoms with Gasteiger partial charge in [0.2, 0.25) is 0 Å². The third-order valence-electron chi connectivity index (χ3n) is 3.63. The van der Waals surface area contributed by atoms with Gasteiger partial charge in [0.25, 0.3) is 0 Å². The Balaban J connectivity index is 2.03. The number of aliphatic hydroxyl groups is 1. The maximum Gasteiger partial charge on any atom is 0.151 e. The molecule has 1 unspecified atom stereocenters. The van der Waals surface area contributed by atoms with Gasteiger partial charge in [0.15, 0.2) is 5.75 Å². The highest BCUT2D eigenvalue weighted by Crippen LogP contribution is 2.44. The third-order valence-corrected chi connectivity index (χ3v) is 4.88. The summed E-state index contributed by atoms with van der Waals surface area (Å²) in [7, 11) is 0. The van der Waals surface area contributed by atoms with Gasteiger partial charge >= 0.3 is 0 Å². The summed E-state index contributed by atoms with van der Waals surface area (Å²) >= 11 is 1.57. The molecule has 0 saturated heterocycles. The standard InChI is InChI=1S/C19H20O3S/c1-12(2)11-16(21)19-18(15-5-3-4-6-17(15)23-19)22-14-9-7-13(20)8-10-14/h3-10,12,16,20-21H,11H2,1-2H3. The first-order chi connectivity index (χ1) is 11.0. The normalized spacial score (nSPS) is 12.7. The van der Waals surface area contributed by atoms with E-state index in [0.717, 1.165) is 15.0 Å². The summed E-state index contributed by atoms with van der Waals surface area (Å²) in [6.07, 6.45) is 0.151. The maximum absolute atomic E-state index is 10.6.